The van der Waals surface area contributed by atoms with E-state index in [9.17, 15) is 9.90 Å². The second-order valence-electron chi connectivity index (χ2n) is 4.62. The maximum absolute atomic E-state index is 11.7. The number of rotatable bonds is 7. The van der Waals surface area contributed by atoms with E-state index in [-0.39, 0.29) is 12.5 Å². The van der Waals surface area contributed by atoms with Gasteiger partial charge < -0.3 is 15.2 Å². The number of aliphatic hydroxyl groups is 1. The molecule has 0 spiro atoms. The zero-order valence-corrected chi connectivity index (χ0v) is 11.9. The van der Waals surface area contributed by atoms with Gasteiger partial charge in [0.2, 0.25) is 5.91 Å². The third kappa shape index (κ3) is 4.61. The number of hydrogen-bond acceptors (Lipinski definition) is 4. The summed E-state index contributed by atoms with van der Waals surface area (Å²) in [5.41, 5.74) is 0.710. The van der Waals surface area contributed by atoms with Crippen molar-refractivity contribution in [1.29, 1.82) is 0 Å². The van der Waals surface area contributed by atoms with Gasteiger partial charge in [0.1, 0.15) is 5.75 Å². The highest BCUT2D eigenvalue weighted by Gasteiger charge is 2.10. The van der Waals surface area contributed by atoms with E-state index in [1.54, 1.807) is 48.5 Å². The van der Waals surface area contributed by atoms with Crippen molar-refractivity contribution in [3.05, 3.63) is 48.3 Å². The number of carbonyl (C=O) groups is 1. The van der Waals surface area contributed by atoms with E-state index in [1.807, 2.05) is 6.07 Å². The molecule has 0 aliphatic heterocycles. The van der Waals surface area contributed by atoms with Gasteiger partial charge in [0.05, 0.1) is 13.2 Å². The van der Waals surface area contributed by atoms with Gasteiger partial charge in [-0.1, -0.05) is 12.1 Å². The van der Waals surface area contributed by atoms with Gasteiger partial charge in [-0.15, -0.1) is 0 Å². The number of hydrogen-bond donors (Lipinski definition) is 2. The number of carbonyl (C=O) groups excluding carboxylic acids is 1. The van der Waals surface area contributed by atoms with Crippen LogP contribution in [0.5, 0.6) is 5.75 Å². The van der Waals surface area contributed by atoms with Crippen LogP contribution in [0.1, 0.15) is 18.1 Å². The van der Waals surface area contributed by atoms with Gasteiger partial charge in [0.25, 0.3) is 0 Å². The van der Waals surface area contributed by atoms with Crippen LogP contribution in [0.2, 0.25) is 0 Å². The first-order chi connectivity index (χ1) is 10.2. The SMILES string of the molecule is COc1cccc(C(O)CNC(=O)CCn2cccn2)c1. The molecular formula is C15H19N3O3. The summed E-state index contributed by atoms with van der Waals surface area (Å²) >= 11 is 0. The third-order valence-electron chi connectivity index (χ3n) is 3.10. The van der Waals surface area contributed by atoms with E-state index in [0.717, 1.165) is 0 Å². The summed E-state index contributed by atoms with van der Waals surface area (Å²) < 4.78 is 6.79. The summed E-state index contributed by atoms with van der Waals surface area (Å²) in [6.45, 7) is 0.694. The number of amides is 1. The molecule has 0 radical (unpaired) electrons. The molecule has 0 aliphatic carbocycles. The Labute approximate surface area is 123 Å². The Morgan fingerprint density at radius 2 is 2.33 bits per heavy atom. The van der Waals surface area contributed by atoms with Crippen LogP contribution in [-0.2, 0) is 11.3 Å². The molecule has 21 heavy (non-hydrogen) atoms. The molecule has 1 atom stereocenters. The van der Waals surface area contributed by atoms with Gasteiger partial charge in [-0.2, -0.15) is 5.10 Å². The lowest BCUT2D eigenvalue weighted by Gasteiger charge is -2.13. The minimum Gasteiger partial charge on any atom is -0.497 e. The van der Waals surface area contributed by atoms with Crippen LogP contribution < -0.4 is 10.1 Å². The number of methoxy groups -OCH3 is 1. The molecule has 1 unspecified atom stereocenters. The van der Waals surface area contributed by atoms with Crippen molar-refractivity contribution >= 4 is 5.91 Å². The van der Waals surface area contributed by atoms with Crippen LogP contribution in [0.25, 0.3) is 0 Å². The lowest BCUT2D eigenvalue weighted by atomic mass is 10.1. The number of nitrogens with one attached hydrogen (secondary N) is 1. The Morgan fingerprint density at radius 3 is 3.05 bits per heavy atom. The number of aromatic nitrogens is 2. The molecular weight excluding hydrogens is 270 g/mol. The van der Waals surface area contributed by atoms with Crippen LogP contribution >= 0.6 is 0 Å². The molecule has 6 nitrogen and oxygen atoms in total. The van der Waals surface area contributed by atoms with E-state index in [0.29, 0.717) is 24.3 Å². The zero-order valence-electron chi connectivity index (χ0n) is 11.9. The summed E-state index contributed by atoms with van der Waals surface area (Å²) in [7, 11) is 1.57. The number of aryl methyl sites for hydroxylation is 1. The maximum atomic E-state index is 11.7. The van der Waals surface area contributed by atoms with Gasteiger partial charge in [0, 0.05) is 31.9 Å². The van der Waals surface area contributed by atoms with Gasteiger partial charge in [-0.05, 0) is 23.8 Å². The monoisotopic (exact) mass is 289 g/mol. The number of aliphatic hydroxyl groups excluding tert-OH is 1. The van der Waals surface area contributed by atoms with Crippen molar-refractivity contribution in [2.75, 3.05) is 13.7 Å². The van der Waals surface area contributed by atoms with Crippen molar-refractivity contribution < 1.29 is 14.6 Å². The fourth-order valence-electron chi connectivity index (χ4n) is 1.91. The second kappa shape index (κ2) is 7.44. The molecule has 0 aliphatic rings. The summed E-state index contributed by atoms with van der Waals surface area (Å²) in [6, 6.07) is 8.96. The van der Waals surface area contributed by atoms with Crippen molar-refractivity contribution in [3.8, 4) is 5.75 Å². The van der Waals surface area contributed by atoms with Gasteiger partial charge in [-0.25, -0.2) is 0 Å². The molecule has 0 bridgehead atoms. The van der Waals surface area contributed by atoms with Gasteiger partial charge >= 0.3 is 0 Å². The molecule has 0 saturated heterocycles. The van der Waals surface area contributed by atoms with Gasteiger partial charge in [0.15, 0.2) is 0 Å². The Morgan fingerprint density at radius 1 is 1.48 bits per heavy atom. The van der Waals surface area contributed by atoms with Crippen molar-refractivity contribution in [1.82, 2.24) is 15.1 Å². The molecule has 2 rings (SSSR count). The molecule has 6 heteroatoms. The average molecular weight is 289 g/mol. The number of nitrogens with zero attached hydrogens (tertiary/aromatic N) is 2. The zero-order chi connectivity index (χ0) is 15.1. The molecule has 1 aromatic heterocycles. The molecule has 0 saturated carbocycles. The van der Waals surface area contributed by atoms with Crippen LogP contribution in [0.4, 0.5) is 0 Å². The van der Waals surface area contributed by atoms with E-state index >= 15 is 0 Å². The van der Waals surface area contributed by atoms with Gasteiger partial charge in [-0.3, -0.25) is 9.48 Å². The molecule has 0 fully saturated rings. The smallest absolute Gasteiger partial charge is 0.221 e. The first-order valence-electron chi connectivity index (χ1n) is 6.75. The van der Waals surface area contributed by atoms with Crippen LogP contribution in [0, 0.1) is 0 Å². The summed E-state index contributed by atoms with van der Waals surface area (Å²) in [5.74, 6) is 0.559. The lowest BCUT2D eigenvalue weighted by Crippen LogP contribution is -2.29. The first-order valence-corrected chi connectivity index (χ1v) is 6.75. The van der Waals surface area contributed by atoms with Crippen LogP contribution in [0.15, 0.2) is 42.7 Å². The van der Waals surface area contributed by atoms with Crippen LogP contribution in [-0.4, -0.2) is 34.4 Å². The maximum Gasteiger partial charge on any atom is 0.221 e. The number of ether oxygens (including phenoxy) is 1. The highest BCUT2D eigenvalue weighted by Crippen LogP contribution is 2.18. The molecule has 2 N–H and O–H groups in total. The number of benzene rings is 1. The fourth-order valence-corrected chi connectivity index (χ4v) is 1.91. The summed E-state index contributed by atoms with van der Waals surface area (Å²) in [6.07, 6.45) is 3.05. The summed E-state index contributed by atoms with van der Waals surface area (Å²) in [4.78, 5) is 11.7. The Balaban J connectivity index is 1.77. The predicted molar refractivity (Wildman–Crippen MR) is 77.8 cm³/mol. The minimum atomic E-state index is -0.756. The Kier molecular flexibility index (Phi) is 5.34. The average Bonchev–Trinajstić information content (AvgIpc) is 3.04. The molecule has 2 aromatic rings. The molecule has 1 aromatic carbocycles. The minimum absolute atomic E-state index is 0.118. The lowest BCUT2D eigenvalue weighted by molar-refractivity contribution is -0.121. The molecule has 112 valence electrons. The Hall–Kier alpha value is -2.34. The highest BCUT2D eigenvalue weighted by atomic mass is 16.5. The predicted octanol–water partition coefficient (Wildman–Crippen LogP) is 1.13. The second-order valence-corrected chi connectivity index (χ2v) is 4.62. The third-order valence-corrected chi connectivity index (χ3v) is 3.10. The van der Waals surface area contributed by atoms with Crippen molar-refractivity contribution in [2.45, 2.75) is 19.1 Å². The van der Waals surface area contributed by atoms with E-state index in [4.69, 9.17) is 4.74 Å². The molecule has 1 heterocycles. The normalized spacial score (nSPS) is 11.9. The molecule has 1 amide bonds. The van der Waals surface area contributed by atoms with E-state index < -0.39 is 6.10 Å². The standard InChI is InChI=1S/C15H19N3O3/c1-21-13-5-2-4-12(10-13)14(19)11-16-15(20)6-9-18-8-3-7-17-18/h2-5,7-8,10,14,19H,6,9,11H2,1H3,(H,16,20). The highest BCUT2D eigenvalue weighted by molar-refractivity contribution is 5.75. The van der Waals surface area contributed by atoms with E-state index in [1.165, 1.54) is 0 Å². The quantitative estimate of drug-likeness (QED) is 0.801. The fraction of sp³-hybridized carbons (Fsp3) is 0.333. The topological polar surface area (TPSA) is 76.4 Å². The summed E-state index contributed by atoms with van der Waals surface area (Å²) in [5, 5.41) is 16.8. The van der Waals surface area contributed by atoms with Crippen molar-refractivity contribution in [3.63, 3.8) is 0 Å². The van der Waals surface area contributed by atoms with E-state index in [2.05, 4.69) is 10.4 Å². The largest absolute Gasteiger partial charge is 0.497 e. The Bertz CT molecular complexity index is 569. The first kappa shape index (κ1) is 15.1. The van der Waals surface area contributed by atoms with Crippen molar-refractivity contribution in [2.24, 2.45) is 0 Å². The van der Waals surface area contributed by atoms with Crippen LogP contribution in [0.3, 0.4) is 0 Å².